The smallest absolute Gasteiger partial charge is 0.252 e. The van der Waals surface area contributed by atoms with Crippen LogP contribution in [0.25, 0.3) is 0 Å². The summed E-state index contributed by atoms with van der Waals surface area (Å²) >= 11 is 0. The summed E-state index contributed by atoms with van der Waals surface area (Å²) in [6, 6.07) is 9.75. The Morgan fingerprint density at radius 2 is 2.07 bits per heavy atom. The van der Waals surface area contributed by atoms with Gasteiger partial charge in [0.05, 0.1) is 12.8 Å². The van der Waals surface area contributed by atoms with Gasteiger partial charge >= 0.3 is 0 Å². The Balaban J connectivity index is 1.76. The number of nitrogens with one attached hydrogen (secondary N) is 3. The van der Waals surface area contributed by atoms with Gasteiger partial charge < -0.3 is 20.3 Å². The molecule has 27 heavy (non-hydrogen) atoms. The molecule has 0 bridgehead atoms. The van der Waals surface area contributed by atoms with Crippen molar-refractivity contribution in [1.82, 2.24) is 20.2 Å². The van der Waals surface area contributed by atoms with E-state index in [9.17, 15) is 4.79 Å². The van der Waals surface area contributed by atoms with Crippen molar-refractivity contribution in [3.05, 3.63) is 51.9 Å². The van der Waals surface area contributed by atoms with Crippen LogP contribution in [0.4, 0.5) is 5.95 Å². The first-order valence-electron chi connectivity index (χ1n) is 9.41. The summed E-state index contributed by atoms with van der Waals surface area (Å²) in [6.07, 6.45) is 0.984. The van der Waals surface area contributed by atoms with Crippen LogP contribution in [0.3, 0.4) is 0 Å². The molecule has 0 spiro atoms. The molecule has 2 aromatic rings. The van der Waals surface area contributed by atoms with Crippen molar-refractivity contribution in [2.45, 2.75) is 18.3 Å². The maximum absolute atomic E-state index is 12.2. The van der Waals surface area contributed by atoms with Crippen LogP contribution in [0, 0.1) is 0 Å². The van der Waals surface area contributed by atoms with Crippen LogP contribution in [0.5, 0.6) is 5.75 Å². The zero-order chi connectivity index (χ0) is 19.2. The normalized spacial score (nSPS) is 19.4. The molecule has 3 rings (SSSR count). The van der Waals surface area contributed by atoms with Gasteiger partial charge in [0.1, 0.15) is 5.75 Å². The average molecular weight is 371 g/mol. The minimum Gasteiger partial charge on any atom is -0.497 e. The Labute approximate surface area is 160 Å². The Kier molecular flexibility index (Phi) is 6.47. The van der Waals surface area contributed by atoms with E-state index >= 15 is 0 Å². The molecule has 1 aliphatic rings. The van der Waals surface area contributed by atoms with Crippen molar-refractivity contribution in [2.75, 3.05) is 52.7 Å². The molecule has 1 aromatic heterocycles. The minimum atomic E-state index is -0.119. The lowest BCUT2D eigenvalue weighted by molar-refractivity contribution is 0.405. The summed E-state index contributed by atoms with van der Waals surface area (Å²) in [7, 11) is 5.77. The van der Waals surface area contributed by atoms with Gasteiger partial charge in [-0.05, 0) is 44.8 Å². The minimum absolute atomic E-state index is 0.119. The number of anilines is 1. The lowest BCUT2D eigenvalue weighted by Gasteiger charge is -2.19. The molecule has 0 radical (unpaired) electrons. The Hall–Kier alpha value is -2.38. The Morgan fingerprint density at radius 3 is 2.85 bits per heavy atom. The number of H-pyrrole nitrogens is 1. The number of methoxy groups -OCH3 is 1. The number of rotatable bonds is 8. The van der Waals surface area contributed by atoms with Gasteiger partial charge in [0.15, 0.2) is 0 Å². The van der Waals surface area contributed by atoms with Crippen molar-refractivity contribution in [3.63, 3.8) is 0 Å². The number of aromatic amines is 1. The SMILES string of the molecule is COc1cccc([C@@H]2CNC[C@H]2c2cc(=O)[nH]c(NCCCN(C)C)n2)c1. The monoisotopic (exact) mass is 371 g/mol. The molecule has 0 aliphatic carbocycles. The van der Waals surface area contributed by atoms with E-state index in [-0.39, 0.29) is 17.4 Å². The molecule has 0 unspecified atom stereocenters. The fourth-order valence-electron chi connectivity index (χ4n) is 3.56. The third-order valence-corrected chi connectivity index (χ3v) is 4.95. The lowest BCUT2D eigenvalue weighted by atomic mass is 9.86. The number of aromatic nitrogens is 2. The van der Waals surface area contributed by atoms with Gasteiger partial charge in [-0.1, -0.05) is 12.1 Å². The van der Waals surface area contributed by atoms with Crippen molar-refractivity contribution >= 4 is 5.95 Å². The molecule has 7 heteroatoms. The lowest BCUT2D eigenvalue weighted by Crippen LogP contribution is -2.21. The van der Waals surface area contributed by atoms with Crippen LogP contribution in [0.15, 0.2) is 35.1 Å². The van der Waals surface area contributed by atoms with E-state index in [1.807, 2.05) is 26.2 Å². The van der Waals surface area contributed by atoms with Gasteiger partial charge in [0.2, 0.25) is 5.95 Å². The van der Waals surface area contributed by atoms with Crippen LogP contribution >= 0.6 is 0 Å². The van der Waals surface area contributed by atoms with Gasteiger partial charge in [-0.15, -0.1) is 0 Å². The van der Waals surface area contributed by atoms with E-state index in [1.54, 1.807) is 13.2 Å². The van der Waals surface area contributed by atoms with E-state index in [0.717, 1.165) is 44.0 Å². The third-order valence-electron chi connectivity index (χ3n) is 4.95. The van der Waals surface area contributed by atoms with Crippen molar-refractivity contribution in [1.29, 1.82) is 0 Å². The van der Waals surface area contributed by atoms with Crippen LogP contribution in [0.2, 0.25) is 0 Å². The van der Waals surface area contributed by atoms with E-state index in [1.165, 1.54) is 5.56 Å². The molecule has 1 fully saturated rings. The van der Waals surface area contributed by atoms with Gasteiger partial charge in [-0.2, -0.15) is 0 Å². The summed E-state index contributed by atoms with van der Waals surface area (Å²) in [5, 5.41) is 6.69. The molecule has 1 saturated heterocycles. The average Bonchev–Trinajstić information content (AvgIpc) is 3.15. The van der Waals surface area contributed by atoms with Crippen molar-refractivity contribution in [3.8, 4) is 5.75 Å². The zero-order valence-electron chi connectivity index (χ0n) is 16.3. The summed E-state index contributed by atoms with van der Waals surface area (Å²) in [5.74, 6) is 1.81. The van der Waals surface area contributed by atoms with Gasteiger partial charge in [0.25, 0.3) is 5.56 Å². The number of ether oxygens (including phenoxy) is 1. The van der Waals surface area contributed by atoms with Crippen molar-refractivity contribution < 1.29 is 4.74 Å². The van der Waals surface area contributed by atoms with Crippen LogP contribution in [-0.2, 0) is 0 Å². The predicted molar refractivity (Wildman–Crippen MR) is 108 cm³/mol. The molecule has 2 heterocycles. The summed E-state index contributed by atoms with van der Waals surface area (Å²) < 4.78 is 5.36. The number of benzene rings is 1. The first kappa shape index (κ1) is 19.4. The maximum atomic E-state index is 12.2. The molecule has 2 atom stereocenters. The quantitative estimate of drug-likeness (QED) is 0.612. The Morgan fingerprint density at radius 1 is 1.26 bits per heavy atom. The first-order valence-corrected chi connectivity index (χ1v) is 9.41. The van der Waals surface area contributed by atoms with Crippen molar-refractivity contribution in [2.24, 2.45) is 0 Å². The first-order chi connectivity index (χ1) is 13.1. The maximum Gasteiger partial charge on any atom is 0.252 e. The highest BCUT2D eigenvalue weighted by atomic mass is 16.5. The molecule has 1 aliphatic heterocycles. The topological polar surface area (TPSA) is 82.3 Å². The molecule has 7 nitrogen and oxygen atoms in total. The molecule has 3 N–H and O–H groups in total. The highest BCUT2D eigenvalue weighted by molar-refractivity contribution is 5.35. The number of hydrogen-bond donors (Lipinski definition) is 3. The van der Waals surface area contributed by atoms with Gasteiger partial charge in [0, 0.05) is 37.5 Å². The van der Waals surface area contributed by atoms with E-state index in [0.29, 0.717) is 5.95 Å². The fraction of sp³-hybridized carbons (Fsp3) is 0.500. The second-order valence-corrected chi connectivity index (χ2v) is 7.25. The highest BCUT2D eigenvalue weighted by Gasteiger charge is 2.31. The van der Waals surface area contributed by atoms with E-state index in [2.05, 4.69) is 32.7 Å². The molecular formula is C20H29N5O2. The van der Waals surface area contributed by atoms with Gasteiger partial charge in [-0.25, -0.2) is 4.98 Å². The summed E-state index contributed by atoms with van der Waals surface area (Å²) in [6.45, 7) is 3.42. The van der Waals surface area contributed by atoms with Crippen LogP contribution in [0.1, 0.15) is 29.5 Å². The standard InChI is InChI=1S/C20H29N5O2/c1-25(2)9-5-8-22-20-23-18(11-19(26)24-20)17-13-21-12-16(17)14-6-4-7-15(10-14)27-3/h4,6-7,10-11,16-17,21H,5,8-9,12-13H2,1-3H3,(H2,22,23,24,26)/t16-,17+/m0/s1. The largest absolute Gasteiger partial charge is 0.497 e. The van der Waals surface area contributed by atoms with E-state index in [4.69, 9.17) is 9.72 Å². The van der Waals surface area contributed by atoms with E-state index < -0.39 is 0 Å². The molecule has 0 amide bonds. The summed E-state index contributed by atoms with van der Waals surface area (Å²) in [5.41, 5.74) is 1.91. The highest BCUT2D eigenvalue weighted by Crippen LogP contribution is 2.36. The van der Waals surface area contributed by atoms with Crippen LogP contribution in [-0.4, -0.2) is 62.3 Å². The summed E-state index contributed by atoms with van der Waals surface area (Å²) in [4.78, 5) is 21.8. The van der Waals surface area contributed by atoms with Crippen LogP contribution < -0.4 is 20.9 Å². The zero-order valence-corrected chi connectivity index (χ0v) is 16.3. The molecule has 146 valence electrons. The second kappa shape index (κ2) is 9.01. The molecular weight excluding hydrogens is 342 g/mol. The second-order valence-electron chi connectivity index (χ2n) is 7.25. The molecule has 0 saturated carbocycles. The van der Waals surface area contributed by atoms with Gasteiger partial charge in [-0.3, -0.25) is 9.78 Å². The fourth-order valence-corrected chi connectivity index (χ4v) is 3.56. The third kappa shape index (κ3) is 5.08. The number of nitrogens with zero attached hydrogens (tertiary/aromatic N) is 2. The number of hydrogen-bond acceptors (Lipinski definition) is 6. The Bertz CT molecular complexity index is 805. The molecule has 1 aromatic carbocycles. The predicted octanol–water partition coefficient (Wildman–Crippen LogP) is 1.61.